The fraction of sp³-hybridized carbons (Fsp3) is 0.429. The van der Waals surface area contributed by atoms with Crippen LogP contribution in [0.3, 0.4) is 0 Å². The Kier molecular flexibility index (Phi) is 9.03. The van der Waals surface area contributed by atoms with Crippen molar-refractivity contribution >= 4 is 35.0 Å². The lowest BCUT2D eigenvalue weighted by molar-refractivity contribution is -0.137. The summed E-state index contributed by atoms with van der Waals surface area (Å²) < 4.78 is 53.3. The minimum absolute atomic E-state index is 0.00159. The number of aromatic nitrogens is 5. The number of benzene rings is 1. The zero-order valence-electron chi connectivity index (χ0n) is 19.2. The van der Waals surface area contributed by atoms with Crippen LogP contribution in [0.2, 0.25) is 5.02 Å². The van der Waals surface area contributed by atoms with E-state index in [4.69, 9.17) is 21.1 Å². The van der Waals surface area contributed by atoms with Gasteiger partial charge in [-0.15, -0.1) is 15.3 Å². The molecule has 0 saturated carbocycles. The van der Waals surface area contributed by atoms with Crippen molar-refractivity contribution in [3.05, 3.63) is 35.0 Å². The zero-order chi connectivity index (χ0) is 25.6. The van der Waals surface area contributed by atoms with Crippen LogP contribution in [-0.2, 0) is 28.8 Å². The van der Waals surface area contributed by atoms with Crippen molar-refractivity contribution in [2.45, 2.75) is 38.3 Å². The number of carbonyl (C=O) groups excluding carboxylic acids is 1. The largest absolute Gasteiger partial charge is 0.476 e. The van der Waals surface area contributed by atoms with Crippen molar-refractivity contribution < 1.29 is 27.4 Å². The number of carbonyl (C=O) groups is 1. The van der Waals surface area contributed by atoms with E-state index in [1.807, 2.05) is 13.8 Å². The first kappa shape index (κ1) is 26.8. The van der Waals surface area contributed by atoms with E-state index in [1.54, 1.807) is 22.6 Å². The van der Waals surface area contributed by atoms with Crippen molar-refractivity contribution in [3.8, 4) is 17.3 Å². The van der Waals surface area contributed by atoms with Gasteiger partial charge in [-0.2, -0.15) is 13.2 Å². The quantitative estimate of drug-likeness (QED) is 0.360. The molecule has 0 aliphatic rings. The lowest BCUT2D eigenvalue weighted by atomic mass is 10.2. The van der Waals surface area contributed by atoms with Gasteiger partial charge in [-0.3, -0.25) is 14.0 Å². The van der Waals surface area contributed by atoms with Crippen LogP contribution in [0.4, 0.5) is 18.9 Å². The number of hydrogen-bond acceptors (Lipinski definition) is 7. The SMILES string of the molecule is CCOc1nn(CC)cc1-c1nnc(SCC(=O)Nc2cc(C(F)(F)F)ccc2Cl)n1CCOC. The third-order valence-corrected chi connectivity index (χ3v) is 6.01. The molecule has 1 N–H and O–H groups in total. The van der Waals surface area contributed by atoms with Crippen LogP contribution in [0.1, 0.15) is 19.4 Å². The van der Waals surface area contributed by atoms with Gasteiger partial charge in [-0.05, 0) is 32.0 Å². The number of halogens is 4. The summed E-state index contributed by atoms with van der Waals surface area (Å²) >= 11 is 7.04. The van der Waals surface area contributed by atoms with Gasteiger partial charge >= 0.3 is 6.18 Å². The van der Waals surface area contributed by atoms with Crippen LogP contribution in [0.15, 0.2) is 29.6 Å². The number of anilines is 1. The van der Waals surface area contributed by atoms with Crippen LogP contribution in [0, 0.1) is 0 Å². The molecule has 0 spiro atoms. The number of nitrogens with zero attached hydrogens (tertiary/aromatic N) is 5. The summed E-state index contributed by atoms with van der Waals surface area (Å²) in [5, 5.41) is 15.7. The Balaban J connectivity index is 1.80. The molecule has 2 aromatic heterocycles. The molecule has 0 radical (unpaired) electrons. The van der Waals surface area contributed by atoms with Crippen LogP contribution >= 0.6 is 23.4 Å². The Hall–Kier alpha value is -2.77. The molecule has 35 heavy (non-hydrogen) atoms. The highest BCUT2D eigenvalue weighted by Gasteiger charge is 2.31. The predicted molar refractivity (Wildman–Crippen MR) is 126 cm³/mol. The average Bonchev–Trinajstić information content (AvgIpc) is 3.40. The number of hydrogen-bond donors (Lipinski definition) is 1. The van der Waals surface area contributed by atoms with E-state index in [9.17, 15) is 18.0 Å². The second-order valence-electron chi connectivity index (χ2n) is 7.12. The Morgan fingerprint density at radius 2 is 2.03 bits per heavy atom. The molecule has 3 rings (SSSR count). The molecule has 1 amide bonds. The van der Waals surface area contributed by atoms with Gasteiger partial charge in [0, 0.05) is 19.9 Å². The third-order valence-electron chi connectivity index (χ3n) is 4.71. The molecular weight excluding hydrogens is 509 g/mol. The standard InChI is InChI=1S/C21H24ClF3N6O3S/c1-4-30-11-14(19(29-30)34-5-2)18-27-28-20(31(18)8-9-33-3)35-12-17(32)26-16-10-13(21(23,24)25)6-7-15(16)22/h6-7,10-11H,4-5,8-9,12H2,1-3H3,(H,26,32). The molecule has 14 heteroatoms. The van der Waals surface area contributed by atoms with Gasteiger partial charge in [0.05, 0.1) is 41.8 Å². The van der Waals surface area contributed by atoms with Gasteiger partial charge in [0.25, 0.3) is 0 Å². The summed E-state index contributed by atoms with van der Waals surface area (Å²) in [6.45, 7) is 5.59. The van der Waals surface area contributed by atoms with E-state index in [2.05, 4.69) is 20.6 Å². The van der Waals surface area contributed by atoms with Crippen molar-refractivity contribution in [3.63, 3.8) is 0 Å². The molecule has 0 aliphatic heterocycles. The second kappa shape index (κ2) is 11.8. The normalized spacial score (nSPS) is 11.6. The maximum absolute atomic E-state index is 13.0. The number of methoxy groups -OCH3 is 1. The Morgan fingerprint density at radius 1 is 1.26 bits per heavy atom. The van der Waals surface area contributed by atoms with E-state index < -0.39 is 17.6 Å². The van der Waals surface area contributed by atoms with Gasteiger partial charge in [-0.25, -0.2) is 0 Å². The minimum atomic E-state index is -4.56. The Morgan fingerprint density at radius 3 is 2.69 bits per heavy atom. The van der Waals surface area contributed by atoms with Crippen molar-refractivity contribution in [2.75, 3.05) is 31.4 Å². The van der Waals surface area contributed by atoms with Gasteiger partial charge in [0.15, 0.2) is 11.0 Å². The van der Waals surface area contributed by atoms with E-state index >= 15 is 0 Å². The first-order valence-electron chi connectivity index (χ1n) is 10.6. The highest BCUT2D eigenvalue weighted by Crippen LogP contribution is 2.34. The van der Waals surface area contributed by atoms with E-state index in [0.717, 1.165) is 30.0 Å². The lowest BCUT2D eigenvalue weighted by Crippen LogP contribution is -2.16. The molecule has 190 valence electrons. The molecule has 0 bridgehead atoms. The summed E-state index contributed by atoms with van der Waals surface area (Å²) in [7, 11) is 1.56. The first-order valence-corrected chi connectivity index (χ1v) is 12.0. The number of ether oxygens (including phenoxy) is 2. The maximum atomic E-state index is 13.0. The minimum Gasteiger partial charge on any atom is -0.476 e. The summed E-state index contributed by atoms with van der Waals surface area (Å²) in [4.78, 5) is 12.5. The predicted octanol–water partition coefficient (Wildman–Crippen LogP) is 4.61. The highest BCUT2D eigenvalue weighted by molar-refractivity contribution is 7.99. The maximum Gasteiger partial charge on any atom is 0.416 e. The van der Waals surface area contributed by atoms with Gasteiger partial charge in [-0.1, -0.05) is 23.4 Å². The summed E-state index contributed by atoms with van der Waals surface area (Å²) in [5.41, 5.74) is -0.391. The van der Waals surface area contributed by atoms with Crippen LogP contribution in [0.25, 0.3) is 11.4 Å². The highest BCUT2D eigenvalue weighted by atomic mass is 35.5. The molecule has 0 atom stereocenters. The molecule has 9 nitrogen and oxygen atoms in total. The van der Waals surface area contributed by atoms with Crippen molar-refractivity contribution in [1.29, 1.82) is 0 Å². The number of amides is 1. The fourth-order valence-corrected chi connectivity index (χ4v) is 3.98. The van der Waals surface area contributed by atoms with E-state index in [1.165, 1.54) is 0 Å². The van der Waals surface area contributed by atoms with Crippen molar-refractivity contribution in [2.24, 2.45) is 0 Å². The number of thioether (sulfide) groups is 1. The summed E-state index contributed by atoms with van der Waals surface area (Å²) in [5.74, 6) is 0.223. The molecule has 0 saturated heterocycles. The van der Waals surface area contributed by atoms with Crippen LogP contribution < -0.4 is 10.1 Å². The molecular formula is C21H24ClF3N6O3S. The van der Waals surface area contributed by atoms with Gasteiger partial charge in [0.1, 0.15) is 5.56 Å². The Bertz CT molecular complexity index is 1170. The zero-order valence-corrected chi connectivity index (χ0v) is 20.8. The molecule has 2 heterocycles. The molecule has 1 aromatic carbocycles. The molecule has 0 aliphatic carbocycles. The smallest absolute Gasteiger partial charge is 0.416 e. The molecule has 3 aromatic rings. The lowest BCUT2D eigenvalue weighted by Gasteiger charge is -2.12. The van der Waals surface area contributed by atoms with E-state index in [0.29, 0.717) is 48.7 Å². The third kappa shape index (κ3) is 6.67. The fourth-order valence-electron chi connectivity index (χ4n) is 3.05. The summed E-state index contributed by atoms with van der Waals surface area (Å²) in [6.07, 6.45) is -2.76. The summed E-state index contributed by atoms with van der Waals surface area (Å²) in [6, 6.07) is 2.74. The second-order valence-corrected chi connectivity index (χ2v) is 8.47. The first-order chi connectivity index (χ1) is 16.7. The number of nitrogens with one attached hydrogen (secondary N) is 1. The topological polar surface area (TPSA) is 96.1 Å². The van der Waals surface area contributed by atoms with Gasteiger partial charge in [0.2, 0.25) is 11.8 Å². The number of aryl methyl sites for hydroxylation is 1. The van der Waals surface area contributed by atoms with Gasteiger partial charge < -0.3 is 14.8 Å². The van der Waals surface area contributed by atoms with Crippen LogP contribution in [0.5, 0.6) is 5.88 Å². The molecule has 0 fully saturated rings. The van der Waals surface area contributed by atoms with E-state index in [-0.39, 0.29) is 16.5 Å². The number of rotatable bonds is 11. The monoisotopic (exact) mass is 532 g/mol. The average molecular weight is 533 g/mol. The van der Waals surface area contributed by atoms with Crippen LogP contribution in [-0.4, -0.2) is 56.5 Å². The molecule has 0 unspecified atom stereocenters. The number of alkyl halides is 3. The Labute approximate surface area is 208 Å². The van der Waals surface area contributed by atoms with Crippen molar-refractivity contribution in [1.82, 2.24) is 24.5 Å².